The molecule has 0 saturated carbocycles. The van der Waals surface area contributed by atoms with Crippen LogP contribution in [-0.2, 0) is 15.8 Å². The molecule has 2 aromatic carbocycles. The van der Waals surface area contributed by atoms with Crippen LogP contribution in [0.15, 0.2) is 42.5 Å². The largest absolute Gasteiger partial charge is 0.491 e. The summed E-state index contributed by atoms with van der Waals surface area (Å²) in [4.78, 5) is 13.9. The molecule has 2 aromatic rings. The summed E-state index contributed by atoms with van der Waals surface area (Å²) in [5, 5.41) is 0. The number of sulfonamides is 1. The van der Waals surface area contributed by atoms with Gasteiger partial charge in [-0.3, -0.25) is 9.52 Å². The molecule has 7 heteroatoms. The maximum atomic E-state index is 12.4. The smallest absolute Gasteiger partial charge is 0.257 e. The highest BCUT2D eigenvalue weighted by atomic mass is 32.2. The van der Waals surface area contributed by atoms with Crippen molar-refractivity contribution in [3.63, 3.8) is 0 Å². The second-order valence-corrected chi connectivity index (χ2v) is 7.86. The minimum Gasteiger partial charge on any atom is -0.491 e. The lowest BCUT2D eigenvalue weighted by Crippen LogP contribution is -2.27. The van der Waals surface area contributed by atoms with E-state index in [0.29, 0.717) is 35.7 Å². The van der Waals surface area contributed by atoms with Gasteiger partial charge in [0, 0.05) is 12.7 Å². The number of ether oxygens (including phenoxy) is 1. The summed E-state index contributed by atoms with van der Waals surface area (Å²) in [5.41, 5.74) is 2.48. The third kappa shape index (κ3) is 4.11. The Morgan fingerprint density at radius 3 is 2.60 bits per heavy atom. The Balaban J connectivity index is 1.81. The van der Waals surface area contributed by atoms with Crippen LogP contribution in [0, 0.1) is 6.92 Å². The molecule has 0 bridgehead atoms. The first-order chi connectivity index (χ1) is 11.8. The molecule has 1 amide bonds. The summed E-state index contributed by atoms with van der Waals surface area (Å²) in [6.45, 7) is 2.85. The van der Waals surface area contributed by atoms with Crippen LogP contribution in [0.2, 0.25) is 0 Å². The van der Waals surface area contributed by atoms with Gasteiger partial charge in [-0.25, -0.2) is 8.42 Å². The first-order valence-electron chi connectivity index (χ1n) is 7.92. The van der Waals surface area contributed by atoms with E-state index in [0.717, 1.165) is 5.56 Å². The molecule has 1 aliphatic heterocycles. The number of carbonyl (C=O) groups is 1. The van der Waals surface area contributed by atoms with Crippen LogP contribution in [-0.4, -0.2) is 39.4 Å². The molecule has 0 aliphatic carbocycles. The molecule has 132 valence electrons. The number of benzene rings is 2. The van der Waals surface area contributed by atoms with E-state index in [2.05, 4.69) is 4.72 Å². The van der Waals surface area contributed by atoms with E-state index in [1.54, 1.807) is 36.2 Å². The molecule has 1 N–H and O–H groups in total. The Labute approximate surface area is 147 Å². The molecule has 6 nitrogen and oxygen atoms in total. The van der Waals surface area contributed by atoms with Crippen molar-refractivity contribution >= 4 is 21.6 Å². The number of hydrogen-bond acceptors (Lipinski definition) is 4. The van der Waals surface area contributed by atoms with Crippen molar-refractivity contribution in [2.24, 2.45) is 0 Å². The molecular formula is C18H20N2O4S. The molecule has 0 spiro atoms. The Kier molecular flexibility index (Phi) is 4.67. The number of anilines is 1. The molecule has 0 radical (unpaired) electrons. The number of nitrogens with one attached hydrogen (secondary N) is 1. The van der Waals surface area contributed by atoms with Crippen LogP contribution < -0.4 is 9.46 Å². The zero-order valence-electron chi connectivity index (χ0n) is 14.2. The predicted octanol–water partition coefficient (Wildman–Crippen LogP) is 2.40. The van der Waals surface area contributed by atoms with Gasteiger partial charge >= 0.3 is 0 Å². The van der Waals surface area contributed by atoms with Gasteiger partial charge in [0.25, 0.3) is 5.91 Å². The Bertz CT molecular complexity index is 892. The highest BCUT2D eigenvalue weighted by Gasteiger charge is 2.22. The number of carbonyl (C=O) groups excluding carboxylic acids is 1. The third-order valence-corrected chi connectivity index (χ3v) is 5.25. The van der Waals surface area contributed by atoms with Crippen molar-refractivity contribution < 1.29 is 17.9 Å². The van der Waals surface area contributed by atoms with Crippen molar-refractivity contribution in [2.45, 2.75) is 12.7 Å². The SMILES string of the molecule is Cc1ccc(CS(=O)(=O)Nc2ccc3c(c2)C(=O)N(C)CCO3)cc1. The highest BCUT2D eigenvalue weighted by Crippen LogP contribution is 2.27. The van der Waals surface area contributed by atoms with Crippen LogP contribution in [0.3, 0.4) is 0 Å². The van der Waals surface area contributed by atoms with Crippen LogP contribution in [0.4, 0.5) is 5.69 Å². The molecule has 0 saturated heterocycles. The number of amides is 1. The van der Waals surface area contributed by atoms with Gasteiger partial charge in [0.2, 0.25) is 10.0 Å². The zero-order valence-corrected chi connectivity index (χ0v) is 15.0. The molecule has 1 heterocycles. The number of rotatable bonds is 4. The van der Waals surface area contributed by atoms with Crippen LogP contribution in [0.5, 0.6) is 5.75 Å². The summed E-state index contributed by atoms with van der Waals surface area (Å²) in [6.07, 6.45) is 0. The Hall–Kier alpha value is -2.54. The summed E-state index contributed by atoms with van der Waals surface area (Å²) in [5.74, 6) is 0.150. The van der Waals surface area contributed by atoms with E-state index in [1.807, 2.05) is 19.1 Å². The number of likely N-dealkylation sites (N-methyl/N-ethyl adjacent to an activating group) is 1. The van der Waals surface area contributed by atoms with E-state index in [-0.39, 0.29) is 11.7 Å². The standard InChI is InChI=1S/C18H20N2O4S/c1-13-3-5-14(6-4-13)12-25(22,23)19-15-7-8-17-16(11-15)18(21)20(2)9-10-24-17/h3-8,11,19H,9-10,12H2,1-2H3. The number of aryl methyl sites for hydroxylation is 1. The van der Waals surface area contributed by atoms with Gasteiger partial charge in [0.1, 0.15) is 12.4 Å². The summed E-state index contributed by atoms with van der Waals surface area (Å²) >= 11 is 0. The fraction of sp³-hybridized carbons (Fsp3) is 0.278. The monoisotopic (exact) mass is 360 g/mol. The van der Waals surface area contributed by atoms with Crippen molar-refractivity contribution in [1.29, 1.82) is 0 Å². The second kappa shape index (κ2) is 6.76. The van der Waals surface area contributed by atoms with Crippen molar-refractivity contribution in [2.75, 3.05) is 24.9 Å². The molecule has 0 atom stereocenters. The molecule has 3 rings (SSSR count). The van der Waals surface area contributed by atoms with E-state index in [1.165, 1.54) is 6.07 Å². The molecule has 25 heavy (non-hydrogen) atoms. The fourth-order valence-corrected chi connectivity index (χ4v) is 3.80. The summed E-state index contributed by atoms with van der Waals surface area (Å²) in [6, 6.07) is 12.1. The normalized spacial score (nSPS) is 14.5. The quantitative estimate of drug-likeness (QED) is 0.908. The van der Waals surface area contributed by atoms with E-state index in [4.69, 9.17) is 4.74 Å². The number of nitrogens with zero attached hydrogens (tertiary/aromatic N) is 1. The number of hydrogen-bond donors (Lipinski definition) is 1. The zero-order chi connectivity index (χ0) is 18.0. The Morgan fingerprint density at radius 1 is 1.16 bits per heavy atom. The van der Waals surface area contributed by atoms with E-state index in [9.17, 15) is 13.2 Å². The first kappa shape index (κ1) is 17.3. The maximum absolute atomic E-state index is 12.4. The Morgan fingerprint density at radius 2 is 1.88 bits per heavy atom. The van der Waals surface area contributed by atoms with E-state index < -0.39 is 10.0 Å². The van der Waals surface area contributed by atoms with E-state index >= 15 is 0 Å². The third-order valence-electron chi connectivity index (χ3n) is 3.99. The summed E-state index contributed by atoms with van der Waals surface area (Å²) in [7, 11) is -1.89. The van der Waals surface area contributed by atoms with Crippen LogP contribution in [0.25, 0.3) is 0 Å². The van der Waals surface area contributed by atoms with Crippen LogP contribution >= 0.6 is 0 Å². The predicted molar refractivity (Wildman–Crippen MR) is 96.3 cm³/mol. The van der Waals surface area contributed by atoms with Crippen LogP contribution in [0.1, 0.15) is 21.5 Å². The molecule has 0 aromatic heterocycles. The highest BCUT2D eigenvalue weighted by molar-refractivity contribution is 7.91. The minimum atomic E-state index is -3.58. The summed E-state index contributed by atoms with van der Waals surface area (Å²) < 4.78 is 32.9. The topological polar surface area (TPSA) is 75.7 Å². The lowest BCUT2D eigenvalue weighted by atomic mass is 10.1. The van der Waals surface area contributed by atoms with Gasteiger partial charge in [-0.2, -0.15) is 0 Å². The van der Waals surface area contributed by atoms with Gasteiger partial charge < -0.3 is 9.64 Å². The minimum absolute atomic E-state index is 0.130. The van der Waals surface area contributed by atoms with Gasteiger partial charge in [-0.05, 0) is 30.7 Å². The lowest BCUT2D eigenvalue weighted by molar-refractivity contribution is 0.0796. The van der Waals surface area contributed by atoms with Gasteiger partial charge in [-0.15, -0.1) is 0 Å². The molecule has 0 unspecified atom stereocenters. The van der Waals surface area contributed by atoms with Crippen molar-refractivity contribution in [3.05, 3.63) is 59.2 Å². The number of fused-ring (bicyclic) bond motifs is 1. The van der Waals surface area contributed by atoms with Crippen molar-refractivity contribution in [3.8, 4) is 5.75 Å². The van der Waals surface area contributed by atoms with Gasteiger partial charge in [0.15, 0.2) is 0 Å². The average Bonchev–Trinajstić information content (AvgIpc) is 2.69. The molecule has 0 fully saturated rings. The van der Waals surface area contributed by atoms with Gasteiger partial charge in [0.05, 0.1) is 17.9 Å². The second-order valence-electron chi connectivity index (χ2n) is 6.13. The van der Waals surface area contributed by atoms with Gasteiger partial charge in [-0.1, -0.05) is 29.8 Å². The molecule has 1 aliphatic rings. The van der Waals surface area contributed by atoms with Crippen molar-refractivity contribution in [1.82, 2.24) is 4.90 Å². The maximum Gasteiger partial charge on any atom is 0.257 e. The average molecular weight is 360 g/mol. The molecular weight excluding hydrogens is 340 g/mol. The fourth-order valence-electron chi connectivity index (χ4n) is 2.61. The lowest BCUT2D eigenvalue weighted by Gasteiger charge is -2.14. The first-order valence-corrected chi connectivity index (χ1v) is 9.58.